The number of ether oxygens (including phenoxy) is 3. The van der Waals surface area contributed by atoms with Gasteiger partial charge < -0.3 is 14.2 Å². The molecule has 0 bridgehead atoms. The Morgan fingerprint density at radius 3 is 2.69 bits per heavy atom. The average molecular weight is 379 g/mol. The normalized spacial score (nSPS) is 13.4. The number of halogens is 2. The number of carbonyl (C=O) groups excluding carboxylic acids is 1. The monoisotopic (exact) mass is 378 g/mol. The van der Waals surface area contributed by atoms with E-state index in [9.17, 15) is 9.18 Å². The van der Waals surface area contributed by atoms with Gasteiger partial charge in [-0.25, -0.2) is 9.18 Å². The smallest absolute Gasteiger partial charge is 0.488 e. The van der Waals surface area contributed by atoms with Crippen LogP contribution in [0, 0.1) is 5.82 Å². The van der Waals surface area contributed by atoms with E-state index >= 15 is 0 Å². The first-order chi connectivity index (χ1) is 12.5. The van der Waals surface area contributed by atoms with Gasteiger partial charge in [-0.3, -0.25) is 0 Å². The standard InChI is InChI=1S/C20H20ClFO4/c1-3-12-9-14(13-7-8-13)19(10-16(12)21)25-11-15-17(22)5-4-6-18(15)26-20(23)24-2/h4-6,9-10,13H,3,7-8,11H2,1-2H3. The molecule has 1 aliphatic rings. The van der Waals surface area contributed by atoms with Crippen LogP contribution in [0.15, 0.2) is 30.3 Å². The summed E-state index contributed by atoms with van der Waals surface area (Å²) in [5, 5.41) is 0.631. The molecule has 2 aromatic rings. The van der Waals surface area contributed by atoms with Gasteiger partial charge in [0.25, 0.3) is 0 Å². The quantitative estimate of drug-likeness (QED) is 0.481. The first kappa shape index (κ1) is 18.5. The van der Waals surface area contributed by atoms with Gasteiger partial charge in [-0.2, -0.15) is 0 Å². The number of hydrogen-bond acceptors (Lipinski definition) is 4. The van der Waals surface area contributed by atoms with Gasteiger partial charge in [-0.15, -0.1) is 0 Å². The van der Waals surface area contributed by atoms with Crippen molar-refractivity contribution in [3.63, 3.8) is 0 Å². The summed E-state index contributed by atoms with van der Waals surface area (Å²) in [6.07, 6.45) is 2.14. The fourth-order valence-electron chi connectivity index (χ4n) is 2.78. The van der Waals surface area contributed by atoms with Crippen molar-refractivity contribution < 1.29 is 23.4 Å². The number of methoxy groups -OCH3 is 1. The van der Waals surface area contributed by atoms with Crippen LogP contribution < -0.4 is 9.47 Å². The molecular weight excluding hydrogens is 359 g/mol. The number of carbonyl (C=O) groups is 1. The highest BCUT2D eigenvalue weighted by Crippen LogP contribution is 2.46. The summed E-state index contributed by atoms with van der Waals surface area (Å²) in [6, 6.07) is 8.10. The Balaban J connectivity index is 1.85. The van der Waals surface area contributed by atoms with Crippen LogP contribution >= 0.6 is 11.6 Å². The molecule has 1 saturated carbocycles. The Morgan fingerprint density at radius 1 is 1.27 bits per heavy atom. The largest absolute Gasteiger partial charge is 0.513 e. The van der Waals surface area contributed by atoms with Crippen LogP contribution in [0.5, 0.6) is 11.5 Å². The topological polar surface area (TPSA) is 44.8 Å². The van der Waals surface area contributed by atoms with Crippen molar-refractivity contribution >= 4 is 17.8 Å². The minimum Gasteiger partial charge on any atom is -0.488 e. The summed E-state index contributed by atoms with van der Waals surface area (Å²) < 4.78 is 29.6. The van der Waals surface area contributed by atoms with Gasteiger partial charge in [0.2, 0.25) is 0 Å². The van der Waals surface area contributed by atoms with Crippen molar-refractivity contribution in [2.75, 3.05) is 7.11 Å². The third kappa shape index (κ3) is 4.10. The fourth-order valence-corrected chi connectivity index (χ4v) is 3.07. The summed E-state index contributed by atoms with van der Waals surface area (Å²) in [7, 11) is 1.19. The zero-order chi connectivity index (χ0) is 18.7. The Kier molecular flexibility index (Phi) is 5.67. The molecule has 0 unspecified atom stereocenters. The summed E-state index contributed by atoms with van der Waals surface area (Å²) in [5.74, 6) is 0.651. The van der Waals surface area contributed by atoms with E-state index in [2.05, 4.69) is 10.8 Å². The molecule has 3 rings (SSSR count). The van der Waals surface area contributed by atoms with E-state index in [1.165, 1.54) is 25.3 Å². The molecule has 0 saturated heterocycles. The van der Waals surface area contributed by atoms with Crippen molar-refractivity contribution in [2.45, 2.75) is 38.7 Å². The molecule has 0 N–H and O–H groups in total. The Bertz CT molecular complexity index is 818. The molecule has 0 amide bonds. The van der Waals surface area contributed by atoms with Gasteiger partial charge in [0.05, 0.1) is 12.7 Å². The molecule has 0 heterocycles. The zero-order valence-electron chi connectivity index (χ0n) is 14.7. The lowest BCUT2D eigenvalue weighted by molar-refractivity contribution is 0.120. The lowest BCUT2D eigenvalue weighted by Crippen LogP contribution is -2.11. The molecule has 0 atom stereocenters. The molecular formula is C20H20ClFO4. The molecule has 4 nitrogen and oxygen atoms in total. The van der Waals surface area contributed by atoms with Crippen molar-refractivity contribution in [3.05, 3.63) is 57.9 Å². The molecule has 0 aromatic heterocycles. The molecule has 6 heteroatoms. The highest BCUT2D eigenvalue weighted by Gasteiger charge is 2.28. The van der Waals surface area contributed by atoms with Crippen LogP contribution in [0.2, 0.25) is 5.02 Å². The highest BCUT2D eigenvalue weighted by molar-refractivity contribution is 6.31. The van der Waals surface area contributed by atoms with E-state index in [4.69, 9.17) is 21.1 Å². The molecule has 0 radical (unpaired) electrons. The van der Waals surface area contributed by atoms with E-state index in [-0.39, 0.29) is 17.9 Å². The number of rotatable bonds is 6. The Hall–Kier alpha value is -2.27. The summed E-state index contributed by atoms with van der Waals surface area (Å²) >= 11 is 6.32. The molecule has 0 spiro atoms. The van der Waals surface area contributed by atoms with Gasteiger partial charge in [0, 0.05) is 5.02 Å². The average Bonchev–Trinajstić information content (AvgIpc) is 3.46. The molecule has 0 aliphatic heterocycles. The molecule has 2 aromatic carbocycles. The predicted molar refractivity (Wildman–Crippen MR) is 96.6 cm³/mol. The van der Waals surface area contributed by atoms with Gasteiger partial charge in [-0.1, -0.05) is 30.7 Å². The maximum absolute atomic E-state index is 14.2. The zero-order valence-corrected chi connectivity index (χ0v) is 15.4. The van der Waals surface area contributed by atoms with E-state index in [0.717, 1.165) is 30.4 Å². The third-order valence-electron chi connectivity index (χ3n) is 4.38. The second-order valence-electron chi connectivity index (χ2n) is 6.17. The van der Waals surface area contributed by atoms with E-state index < -0.39 is 12.0 Å². The van der Waals surface area contributed by atoms with Gasteiger partial charge in [0.1, 0.15) is 23.9 Å². The second kappa shape index (κ2) is 7.96. The van der Waals surface area contributed by atoms with Crippen LogP contribution in [-0.4, -0.2) is 13.3 Å². The van der Waals surface area contributed by atoms with Crippen LogP contribution in [0.25, 0.3) is 0 Å². The van der Waals surface area contributed by atoms with E-state index in [1.54, 1.807) is 6.07 Å². The van der Waals surface area contributed by atoms with Crippen LogP contribution in [0.3, 0.4) is 0 Å². The summed E-state index contributed by atoms with van der Waals surface area (Å²) in [5.41, 5.74) is 2.31. The SMILES string of the molecule is CCc1cc(C2CC2)c(OCc2c(F)cccc2OC(=O)OC)cc1Cl. The van der Waals surface area contributed by atoms with Crippen molar-refractivity contribution in [1.29, 1.82) is 0 Å². The van der Waals surface area contributed by atoms with Crippen LogP contribution in [-0.2, 0) is 17.8 Å². The number of hydrogen-bond donors (Lipinski definition) is 0. The van der Waals surface area contributed by atoms with Gasteiger partial charge in [-0.05, 0) is 54.5 Å². The molecule has 138 valence electrons. The lowest BCUT2D eigenvalue weighted by atomic mass is 10.0. The van der Waals surface area contributed by atoms with Crippen LogP contribution in [0.4, 0.5) is 9.18 Å². The van der Waals surface area contributed by atoms with Crippen LogP contribution in [0.1, 0.15) is 42.4 Å². The van der Waals surface area contributed by atoms with Crippen molar-refractivity contribution in [2.24, 2.45) is 0 Å². The summed E-state index contributed by atoms with van der Waals surface area (Å²) in [4.78, 5) is 11.4. The Labute approximate surface area is 156 Å². The minimum atomic E-state index is -0.911. The fraction of sp³-hybridized carbons (Fsp3) is 0.350. The maximum atomic E-state index is 14.2. The van der Waals surface area contributed by atoms with E-state index in [1.807, 2.05) is 6.92 Å². The molecule has 1 fully saturated rings. The Morgan fingerprint density at radius 2 is 2.04 bits per heavy atom. The van der Waals surface area contributed by atoms with E-state index in [0.29, 0.717) is 16.7 Å². The lowest BCUT2D eigenvalue weighted by Gasteiger charge is -2.16. The summed E-state index contributed by atoms with van der Waals surface area (Å²) in [6.45, 7) is 1.97. The second-order valence-corrected chi connectivity index (χ2v) is 6.58. The first-order valence-electron chi connectivity index (χ1n) is 8.51. The van der Waals surface area contributed by atoms with Crippen molar-refractivity contribution in [1.82, 2.24) is 0 Å². The predicted octanol–water partition coefficient (Wildman–Crippen LogP) is 5.64. The molecule has 1 aliphatic carbocycles. The molecule has 26 heavy (non-hydrogen) atoms. The third-order valence-corrected chi connectivity index (χ3v) is 4.74. The number of aryl methyl sites for hydroxylation is 1. The first-order valence-corrected chi connectivity index (χ1v) is 8.89. The van der Waals surface area contributed by atoms with Gasteiger partial charge >= 0.3 is 6.16 Å². The van der Waals surface area contributed by atoms with Gasteiger partial charge in [0.15, 0.2) is 0 Å². The maximum Gasteiger partial charge on any atom is 0.513 e. The number of benzene rings is 2. The van der Waals surface area contributed by atoms with Crippen molar-refractivity contribution in [3.8, 4) is 11.5 Å². The highest BCUT2D eigenvalue weighted by atomic mass is 35.5. The minimum absolute atomic E-state index is 0.0705.